The van der Waals surface area contributed by atoms with Crippen LogP contribution >= 0.6 is 23.6 Å². The van der Waals surface area contributed by atoms with Crippen LogP contribution in [0.15, 0.2) is 47.8 Å². The van der Waals surface area contributed by atoms with Gasteiger partial charge in [-0.3, -0.25) is 4.79 Å². The summed E-state index contributed by atoms with van der Waals surface area (Å²) in [6, 6.07) is 11.4. The number of carboxylic acids is 1. The minimum absolute atomic E-state index is 0.134. The molecule has 0 aliphatic carbocycles. The Morgan fingerprint density at radius 3 is 2.34 bits per heavy atom. The van der Waals surface area contributed by atoms with Crippen molar-refractivity contribution < 1.29 is 19.8 Å². The maximum absolute atomic E-state index is 11.1. The molecule has 0 bridgehead atoms. The lowest BCUT2D eigenvalue weighted by Crippen LogP contribution is -2.19. The predicted octanol–water partition coefficient (Wildman–Crippen LogP) is 3.98. The fourth-order valence-corrected chi connectivity index (χ4v) is 3.44. The molecule has 1 aromatic heterocycles. The Bertz CT molecular complexity index is 1080. The molecule has 0 saturated carbocycles. The topological polar surface area (TPSA) is 124 Å². The van der Waals surface area contributed by atoms with Gasteiger partial charge in [-0.15, -0.1) is 11.3 Å². The largest absolute Gasteiger partial charge is 0.507 e. The van der Waals surface area contributed by atoms with Crippen molar-refractivity contribution in [3.05, 3.63) is 53.4 Å². The number of nitrogens with one attached hydrogen (secondary N) is 3. The Labute approximate surface area is 175 Å². The van der Waals surface area contributed by atoms with Crippen LogP contribution in [0.2, 0.25) is 0 Å². The third kappa shape index (κ3) is 5.27. The minimum atomic E-state index is -1.21. The Hall–Kier alpha value is -3.50. The highest BCUT2D eigenvalue weighted by atomic mass is 32.1. The highest BCUT2D eigenvalue weighted by Crippen LogP contribution is 2.27. The first kappa shape index (κ1) is 20.2. The van der Waals surface area contributed by atoms with Crippen LogP contribution in [0.1, 0.15) is 17.3 Å². The number of aromatic hydroxyl groups is 1. The van der Waals surface area contributed by atoms with Gasteiger partial charge in [0.15, 0.2) is 10.2 Å². The molecular weight excluding hydrogens is 412 g/mol. The maximum Gasteiger partial charge on any atom is 0.339 e. The standard InChI is InChI=1S/C19H16N4O4S2/c1-10(24)20-12-4-2-11(3-5-12)15-9-29-19(22-15)23-18(28)21-13-6-7-14(17(26)27)16(25)8-13/h2-9,25H,1H3,(H,20,24)(H,26,27)(H2,21,22,23,28). The first-order valence-corrected chi connectivity index (χ1v) is 9.58. The number of nitrogens with zero attached hydrogens (tertiary/aromatic N) is 1. The molecule has 10 heteroatoms. The highest BCUT2D eigenvalue weighted by Gasteiger charge is 2.11. The second-order valence-electron chi connectivity index (χ2n) is 5.91. The van der Waals surface area contributed by atoms with Gasteiger partial charge in [-0.25, -0.2) is 9.78 Å². The number of aromatic nitrogens is 1. The fourth-order valence-electron chi connectivity index (χ4n) is 2.44. The number of hydrogen-bond donors (Lipinski definition) is 5. The molecule has 2 aromatic carbocycles. The summed E-state index contributed by atoms with van der Waals surface area (Å²) in [6.45, 7) is 1.45. The van der Waals surface area contributed by atoms with E-state index >= 15 is 0 Å². The highest BCUT2D eigenvalue weighted by molar-refractivity contribution is 7.80. The molecule has 3 rings (SSSR count). The van der Waals surface area contributed by atoms with E-state index in [1.54, 1.807) is 12.1 Å². The molecule has 0 radical (unpaired) electrons. The summed E-state index contributed by atoms with van der Waals surface area (Å²) in [5, 5.41) is 29.9. The number of rotatable bonds is 5. The van der Waals surface area contributed by atoms with Gasteiger partial charge in [0, 0.05) is 35.3 Å². The van der Waals surface area contributed by atoms with E-state index in [0.29, 0.717) is 16.5 Å². The van der Waals surface area contributed by atoms with E-state index in [2.05, 4.69) is 20.9 Å². The van der Waals surface area contributed by atoms with Gasteiger partial charge < -0.3 is 26.2 Å². The third-order valence-electron chi connectivity index (χ3n) is 3.71. The smallest absolute Gasteiger partial charge is 0.339 e. The molecule has 8 nitrogen and oxygen atoms in total. The van der Waals surface area contributed by atoms with E-state index in [0.717, 1.165) is 11.3 Å². The number of thiazole rings is 1. The molecule has 5 N–H and O–H groups in total. The lowest BCUT2D eigenvalue weighted by Gasteiger charge is -2.09. The zero-order chi connectivity index (χ0) is 21.0. The lowest BCUT2D eigenvalue weighted by atomic mass is 10.1. The number of carbonyl (C=O) groups is 2. The van der Waals surface area contributed by atoms with Gasteiger partial charge >= 0.3 is 5.97 Å². The summed E-state index contributed by atoms with van der Waals surface area (Å²) in [4.78, 5) is 26.5. The SMILES string of the molecule is CC(=O)Nc1ccc(-c2csc(NC(=S)Nc3ccc(C(=O)O)c(O)c3)n2)cc1. The summed E-state index contributed by atoms with van der Waals surface area (Å²) in [5.74, 6) is -1.70. The molecule has 0 saturated heterocycles. The van der Waals surface area contributed by atoms with Crippen molar-refractivity contribution in [2.24, 2.45) is 0 Å². The molecule has 148 valence electrons. The Kier molecular flexibility index (Phi) is 6.05. The Balaban J connectivity index is 1.64. The minimum Gasteiger partial charge on any atom is -0.507 e. The number of carbonyl (C=O) groups excluding carboxylic acids is 1. The first-order valence-electron chi connectivity index (χ1n) is 8.29. The van der Waals surface area contributed by atoms with Gasteiger partial charge in [0.2, 0.25) is 5.91 Å². The number of anilines is 3. The fraction of sp³-hybridized carbons (Fsp3) is 0.0526. The summed E-state index contributed by atoms with van der Waals surface area (Å²) in [7, 11) is 0. The van der Waals surface area contributed by atoms with E-state index in [1.165, 1.54) is 36.5 Å². The zero-order valence-corrected chi connectivity index (χ0v) is 16.7. The molecule has 0 spiro atoms. The summed E-state index contributed by atoms with van der Waals surface area (Å²) in [6.07, 6.45) is 0. The second kappa shape index (κ2) is 8.67. The van der Waals surface area contributed by atoms with Crippen LogP contribution < -0.4 is 16.0 Å². The predicted molar refractivity (Wildman–Crippen MR) is 117 cm³/mol. The summed E-state index contributed by atoms with van der Waals surface area (Å²) >= 11 is 6.60. The van der Waals surface area contributed by atoms with Crippen LogP contribution in [0.25, 0.3) is 11.3 Å². The quantitative estimate of drug-likeness (QED) is 0.387. The summed E-state index contributed by atoms with van der Waals surface area (Å²) < 4.78 is 0. The lowest BCUT2D eigenvalue weighted by molar-refractivity contribution is -0.114. The van der Waals surface area contributed by atoms with Crippen molar-refractivity contribution in [2.75, 3.05) is 16.0 Å². The van der Waals surface area contributed by atoms with Gasteiger partial charge in [-0.2, -0.15) is 0 Å². The Morgan fingerprint density at radius 2 is 1.72 bits per heavy atom. The molecule has 1 amide bonds. The second-order valence-corrected chi connectivity index (χ2v) is 7.18. The van der Waals surface area contributed by atoms with Crippen molar-refractivity contribution >= 4 is 57.0 Å². The van der Waals surface area contributed by atoms with Crippen LogP contribution in [0.3, 0.4) is 0 Å². The normalized spacial score (nSPS) is 10.2. The van der Waals surface area contributed by atoms with Gasteiger partial charge in [-0.1, -0.05) is 12.1 Å². The monoisotopic (exact) mass is 428 g/mol. The van der Waals surface area contributed by atoms with E-state index in [4.69, 9.17) is 17.3 Å². The molecule has 0 aliphatic heterocycles. The first-order chi connectivity index (χ1) is 13.8. The number of phenols is 1. The van der Waals surface area contributed by atoms with Gasteiger partial charge in [0.1, 0.15) is 11.3 Å². The number of aromatic carboxylic acids is 1. The number of amides is 1. The van der Waals surface area contributed by atoms with Crippen molar-refractivity contribution in [3.8, 4) is 17.0 Å². The average molecular weight is 428 g/mol. The number of thiocarbonyl (C=S) groups is 1. The van der Waals surface area contributed by atoms with Gasteiger partial charge in [0.05, 0.1) is 5.69 Å². The molecular formula is C19H16N4O4S2. The van der Waals surface area contributed by atoms with E-state index in [-0.39, 0.29) is 22.3 Å². The van der Waals surface area contributed by atoms with Crippen LogP contribution in [-0.4, -0.2) is 32.2 Å². The van der Waals surface area contributed by atoms with Crippen LogP contribution in [0, 0.1) is 0 Å². The molecule has 0 atom stereocenters. The molecule has 3 aromatic rings. The number of carboxylic acid groups (broad SMARTS) is 1. The van der Waals surface area contributed by atoms with Crippen LogP contribution in [0.4, 0.5) is 16.5 Å². The number of hydrogen-bond acceptors (Lipinski definition) is 6. The Morgan fingerprint density at radius 1 is 1.03 bits per heavy atom. The van der Waals surface area contributed by atoms with E-state index in [9.17, 15) is 14.7 Å². The molecule has 1 heterocycles. The number of benzene rings is 2. The van der Waals surface area contributed by atoms with Gasteiger partial charge in [0.25, 0.3) is 0 Å². The van der Waals surface area contributed by atoms with Crippen LogP contribution in [-0.2, 0) is 4.79 Å². The van der Waals surface area contributed by atoms with Crippen molar-refractivity contribution in [3.63, 3.8) is 0 Å². The zero-order valence-electron chi connectivity index (χ0n) is 15.1. The molecule has 29 heavy (non-hydrogen) atoms. The van der Waals surface area contributed by atoms with Crippen molar-refractivity contribution in [1.29, 1.82) is 0 Å². The third-order valence-corrected chi connectivity index (χ3v) is 4.67. The van der Waals surface area contributed by atoms with Crippen molar-refractivity contribution in [1.82, 2.24) is 4.98 Å². The summed E-state index contributed by atoms with van der Waals surface area (Å²) in [5.41, 5.74) is 2.59. The molecule has 0 unspecified atom stereocenters. The molecule has 0 aliphatic rings. The molecule has 0 fully saturated rings. The van der Waals surface area contributed by atoms with E-state index < -0.39 is 5.97 Å². The van der Waals surface area contributed by atoms with E-state index in [1.807, 2.05) is 17.5 Å². The van der Waals surface area contributed by atoms with Crippen molar-refractivity contribution in [2.45, 2.75) is 6.92 Å². The van der Waals surface area contributed by atoms with Gasteiger partial charge in [-0.05, 0) is 36.5 Å². The van der Waals surface area contributed by atoms with Crippen LogP contribution in [0.5, 0.6) is 5.75 Å². The average Bonchev–Trinajstić information content (AvgIpc) is 3.09. The maximum atomic E-state index is 11.1.